The van der Waals surface area contributed by atoms with E-state index in [1.54, 1.807) is 0 Å². The zero-order valence-electron chi connectivity index (χ0n) is 10.7. The summed E-state index contributed by atoms with van der Waals surface area (Å²) in [5, 5.41) is 0. The Bertz CT molecular complexity index is 425. The number of rotatable bonds is 2. The number of ether oxygens (including phenoxy) is 1. The van der Waals surface area contributed by atoms with E-state index in [0.717, 1.165) is 0 Å². The van der Waals surface area contributed by atoms with E-state index >= 15 is 0 Å². The molecular formula is C11H15BN2O4. The standard InChI is InChI=1S/C11H15BN2O4/c1-11(2)6-17-12(18-7-11)9-5-13-8(4-14-9)10(15)16-3/h4-5H,6-7H2,1-3H3. The molecule has 0 spiro atoms. The van der Waals surface area contributed by atoms with Crippen LogP contribution in [-0.4, -0.2) is 43.4 Å². The number of hydrogen-bond acceptors (Lipinski definition) is 6. The van der Waals surface area contributed by atoms with Gasteiger partial charge in [0, 0.05) is 24.8 Å². The second-order valence-electron chi connectivity index (χ2n) is 4.94. The molecule has 1 fully saturated rings. The minimum absolute atomic E-state index is 0.00981. The summed E-state index contributed by atoms with van der Waals surface area (Å²) in [6.07, 6.45) is 2.82. The van der Waals surface area contributed by atoms with Crippen LogP contribution in [0.15, 0.2) is 12.4 Å². The second-order valence-corrected chi connectivity index (χ2v) is 4.94. The van der Waals surface area contributed by atoms with Gasteiger partial charge < -0.3 is 14.0 Å². The van der Waals surface area contributed by atoms with E-state index in [2.05, 4.69) is 28.6 Å². The molecule has 1 aromatic heterocycles. The highest BCUT2D eigenvalue weighted by atomic mass is 16.6. The van der Waals surface area contributed by atoms with Crippen molar-refractivity contribution in [1.29, 1.82) is 0 Å². The van der Waals surface area contributed by atoms with Crippen molar-refractivity contribution < 1.29 is 18.8 Å². The molecule has 0 bridgehead atoms. The lowest BCUT2D eigenvalue weighted by atomic mass is 9.80. The normalized spacial score (nSPS) is 18.5. The number of hydrogen-bond donors (Lipinski definition) is 0. The van der Waals surface area contributed by atoms with E-state index in [1.165, 1.54) is 19.5 Å². The van der Waals surface area contributed by atoms with Gasteiger partial charge >= 0.3 is 13.1 Å². The molecule has 2 heterocycles. The van der Waals surface area contributed by atoms with E-state index in [-0.39, 0.29) is 11.1 Å². The van der Waals surface area contributed by atoms with Crippen molar-refractivity contribution >= 4 is 18.7 Å². The van der Waals surface area contributed by atoms with E-state index in [1.807, 2.05) is 0 Å². The first kappa shape index (κ1) is 13.0. The molecule has 1 aliphatic rings. The fraction of sp³-hybridized carbons (Fsp3) is 0.545. The van der Waals surface area contributed by atoms with Gasteiger partial charge in [0.15, 0.2) is 5.69 Å². The van der Waals surface area contributed by atoms with Crippen LogP contribution in [0.5, 0.6) is 0 Å². The maximum Gasteiger partial charge on any atom is 0.515 e. The van der Waals surface area contributed by atoms with Gasteiger partial charge in [0.1, 0.15) is 0 Å². The van der Waals surface area contributed by atoms with E-state index in [4.69, 9.17) is 9.31 Å². The zero-order valence-corrected chi connectivity index (χ0v) is 10.7. The van der Waals surface area contributed by atoms with Gasteiger partial charge in [0.25, 0.3) is 0 Å². The Kier molecular flexibility index (Phi) is 3.63. The highest BCUT2D eigenvalue weighted by molar-refractivity contribution is 6.60. The van der Waals surface area contributed by atoms with Crippen LogP contribution in [0.1, 0.15) is 24.3 Å². The van der Waals surface area contributed by atoms with Crippen molar-refractivity contribution in [1.82, 2.24) is 9.97 Å². The van der Waals surface area contributed by atoms with Crippen molar-refractivity contribution in [2.24, 2.45) is 5.41 Å². The Morgan fingerprint density at radius 1 is 1.33 bits per heavy atom. The van der Waals surface area contributed by atoms with Crippen molar-refractivity contribution in [3.63, 3.8) is 0 Å². The Labute approximate surface area is 106 Å². The Balaban J connectivity index is 2.04. The highest BCUT2D eigenvalue weighted by Crippen LogP contribution is 2.20. The van der Waals surface area contributed by atoms with Crippen molar-refractivity contribution in [2.45, 2.75) is 13.8 Å². The van der Waals surface area contributed by atoms with Crippen LogP contribution in [0.2, 0.25) is 0 Å². The molecule has 1 aliphatic heterocycles. The van der Waals surface area contributed by atoms with Crippen molar-refractivity contribution in [3.05, 3.63) is 18.1 Å². The van der Waals surface area contributed by atoms with Crippen LogP contribution >= 0.6 is 0 Å². The number of carbonyl (C=O) groups excluding carboxylic acids is 1. The molecule has 1 aromatic rings. The fourth-order valence-corrected chi connectivity index (χ4v) is 1.53. The summed E-state index contributed by atoms with van der Waals surface area (Å²) >= 11 is 0. The summed E-state index contributed by atoms with van der Waals surface area (Å²) in [5.41, 5.74) is 0.728. The van der Waals surface area contributed by atoms with E-state index in [0.29, 0.717) is 18.8 Å². The monoisotopic (exact) mass is 250 g/mol. The lowest BCUT2D eigenvalue weighted by molar-refractivity contribution is 0.0339. The van der Waals surface area contributed by atoms with Crippen molar-refractivity contribution in [2.75, 3.05) is 20.3 Å². The maximum atomic E-state index is 11.2. The SMILES string of the molecule is COC(=O)c1cnc(B2OCC(C)(C)CO2)cn1. The second kappa shape index (κ2) is 5.03. The third kappa shape index (κ3) is 2.86. The molecule has 0 radical (unpaired) electrons. The number of nitrogens with zero attached hydrogens (tertiary/aromatic N) is 2. The molecule has 0 aromatic carbocycles. The summed E-state index contributed by atoms with van der Waals surface area (Å²) in [6.45, 7) is 5.32. The number of methoxy groups -OCH3 is 1. The number of carbonyl (C=O) groups is 1. The van der Waals surface area contributed by atoms with E-state index < -0.39 is 13.1 Å². The summed E-state index contributed by atoms with van der Waals surface area (Å²) in [4.78, 5) is 19.3. The van der Waals surface area contributed by atoms with Gasteiger partial charge in [0.05, 0.1) is 18.9 Å². The molecule has 0 atom stereocenters. The first-order valence-electron chi connectivity index (χ1n) is 5.65. The average molecular weight is 250 g/mol. The predicted molar refractivity (Wildman–Crippen MR) is 64.4 cm³/mol. The molecule has 0 N–H and O–H groups in total. The third-order valence-corrected chi connectivity index (χ3v) is 2.56. The molecule has 0 amide bonds. The van der Waals surface area contributed by atoms with Gasteiger partial charge in [-0.25, -0.2) is 9.78 Å². The van der Waals surface area contributed by atoms with Gasteiger partial charge in [-0.3, -0.25) is 4.98 Å². The number of esters is 1. The smallest absolute Gasteiger partial charge is 0.464 e. The minimum atomic E-state index is -0.516. The predicted octanol–water partition coefficient (Wildman–Crippen LogP) is 0.0314. The molecule has 0 unspecified atom stereocenters. The van der Waals surface area contributed by atoms with Gasteiger partial charge in [-0.15, -0.1) is 0 Å². The molecule has 1 saturated heterocycles. The fourth-order valence-electron chi connectivity index (χ4n) is 1.53. The van der Waals surface area contributed by atoms with Crippen LogP contribution in [0.25, 0.3) is 0 Å². The van der Waals surface area contributed by atoms with Gasteiger partial charge in [-0.1, -0.05) is 13.8 Å². The molecule has 0 saturated carbocycles. The molecule has 2 rings (SSSR count). The average Bonchev–Trinajstić information content (AvgIpc) is 2.38. The molecule has 6 nitrogen and oxygen atoms in total. The van der Waals surface area contributed by atoms with Gasteiger partial charge in [0.2, 0.25) is 0 Å². The first-order valence-corrected chi connectivity index (χ1v) is 5.65. The summed E-state index contributed by atoms with van der Waals surface area (Å²) < 4.78 is 15.7. The third-order valence-electron chi connectivity index (χ3n) is 2.56. The lowest BCUT2D eigenvalue weighted by Gasteiger charge is -2.32. The van der Waals surface area contributed by atoms with Crippen LogP contribution < -0.4 is 5.59 Å². The quantitative estimate of drug-likeness (QED) is 0.544. The van der Waals surface area contributed by atoms with Crippen LogP contribution in [0.3, 0.4) is 0 Å². The van der Waals surface area contributed by atoms with Crippen LogP contribution in [0, 0.1) is 5.41 Å². The summed E-state index contributed by atoms with van der Waals surface area (Å²) in [7, 11) is 0.783. The van der Waals surface area contributed by atoms with Gasteiger partial charge in [-0.05, 0) is 0 Å². The highest BCUT2D eigenvalue weighted by Gasteiger charge is 2.34. The van der Waals surface area contributed by atoms with Crippen LogP contribution in [0.4, 0.5) is 0 Å². The summed E-state index contributed by atoms with van der Waals surface area (Å²) in [6, 6.07) is 0. The maximum absolute atomic E-state index is 11.2. The van der Waals surface area contributed by atoms with Crippen LogP contribution in [-0.2, 0) is 14.0 Å². The zero-order chi connectivity index (χ0) is 13.2. The molecule has 96 valence electrons. The molecular weight excluding hydrogens is 235 g/mol. The topological polar surface area (TPSA) is 70.5 Å². The molecule has 0 aliphatic carbocycles. The molecule has 7 heteroatoms. The largest absolute Gasteiger partial charge is 0.515 e. The number of aromatic nitrogens is 2. The minimum Gasteiger partial charge on any atom is -0.464 e. The van der Waals surface area contributed by atoms with E-state index in [9.17, 15) is 4.79 Å². The van der Waals surface area contributed by atoms with Gasteiger partial charge in [-0.2, -0.15) is 0 Å². The molecule has 18 heavy (non-hydrogen) atoms. The Morgan fingerprint density at radius 3 is 2.50 bits per heavy atom. The Hall–Kier alpha value is -1.47. The summed E-state index contributed by atoms with van der Waals surface area (Å²) in [5.74, 6) is -0.513. The Morgan fingerprint density at radius 2 is 2.00 bits per heavy atom. The first-order chi connectivity index (χ1) is 8.52. The van der Waals surface area contributed by atoms with Crippen molar-refractivity contribution in [3.8, 4) is 0 Å². The lowest BCUT2D eigenvalue weighted by Crippen LogP contribution is -2.48.